The van der Waals surface area contributed by atoms with Crippen LogP contribution in [0.15, 0.2) is 28.9 Å². The molecule has 0 N–H and O–H groups in total. The summed E-state index contributed by atoms with van der Waals surface area (Å²) >= 11 is 9.41. The lowest BCUT2D eigenvalue weighted by molar-refractivity contribution is 0.466. The molecule has 0 atom stereocenters. The van der Waals surface area contributed by atoms with Gasteiger partial charge in [0, 0.05) is 10.4 Å². The molecular formula is C15H16BrClN2O. The van der Waals surface area contributed by atoms with Crippen molar-refractivity contribution in [3.63, 3.8) is 0 Å². The van der Waals surface area contributed by atoms with Crippen molar-refractivity contribution in [1.82, 2.24) is 9.97 Å². The Morgan fingerprint density at radius 3 is 2.70 bits per heavy atom. The zero-order valence-electron chi connectivity index (χ0n) is 11.7. The van der Waals surface area contributed by atoms with Crippen LogP contribution in [0.25, 0.3) is 0 Å². The summed E-state index contributed by atoms with van der Waals surface area (Å²) in [6.07, 6.45) is 1.69. The maximum atomic E-state index is 5.97. The van der Waals surface area contributed by atoms with Crippen molar-refractivity contribution in [2.45, 2.75) is 32.6 Å². The number of hydrogen-bond donors (Lipinski definition) is 0. The molecule has 0 aliphatic rings. The van der Waals surface area contributed by atoms with Gasteiger partial charge in [0.05, 0.1) is 12.1 Å². The van der Waals surface area contributed by atoms with Gasteiger partial charge in [-0.25, -0.2) is 9.97 Å². The lowest BCUT2D eigenvalue weighted by Crippen LogP contribution is -2.02. The second-order valence-corrected chi connectivity index (χ2v) is 6.02. The number of alkyl halides is 1. The van der Waals surface area contributed by atoms with E-state index in [9.17, 15) is 0 Å². The molecule has 1 aromatic heterocycles. The molecule has 1 heterocycles. The van der Waals surface area contributed by atoms with Gasteiger partial charge in [0.15, 0.2) is 5.75 Å². The molecule has 0 saturated carbocycles. The zero-order chi connectivity index (χ0) is 14.7. The van der Waals surface area contributed by atoms with Gasteiger partial charge in [-0.1, -0.05) is 35.8 Å². The highest BCUT2D eigenvalue weighted by molar-refractivity contribution is 9.10. The quantitative estimate of drug-likeness (QED) is 0.707. The molecule has 0 amide bonds. The van der Waals surface area contributed by atoms with E-state index in [1.165, 1.54) is 0 Å². The van der Waals surface area contributed by atoms with Crippen molar-refractivity contribution in [3.05, 3.63) is 46.0 Å². The molecule has 1 aromatic carbocycles. The van der Waals surface area contributed by atoms with Crippen LogP contribution in [0, 0.1) is 6.92 Å². The Labute approximate surface area is 132 Å². The minimum atomic E-state index is 0.263. The largest absolute Gasteiger partial charge is 0.453 e. The molecule has 0 fully saturated rings. The third kappa shape index (κ3) is 3.49. The molecule has 106 valence electrons. The first-order chi connectivity index (χ1) is 9.51. The number of halogens is 2. The number of benzene rings is 1. The van der Waals surface area contributed by atoms with Crippen LogP contribution in [-0.4, -0.2) is 9.97 Å². The van der Waals surface area contributed by atoms with Crippen LogP contribution < -0.4 is 4.74 Å². The number of aromatic nitrogens is 2. The molecule has 20 heavy (non-hydrogen) atoms. The summed E-state index contributed by atoms with van der Waals surface area (Å²) < 4.78 is 6.87. The lowest BCUT2D eigenvalue weighted by atomic mass is 10.2. The number of hydrogen-bond acceptors (Lipinski definition) is 3. The number of nitrogens with zero attached hydrogens (tertiary/aromatic N) is 2. The molecule has 0 aliphatic heterocycles. The van der Waals surface area contributed by atoms with Gasteiger partial charge in [0.2, 0.25) is 0 Å². The fraction of sp³-hybridized carbons (Fsp3) is 0.333. The maximum Gasteiger partial charge on any atom is 0.168 e. The monoisotopic (exact) mass is 354 g/mol. The van der Waals surface area contributed by atoms with E-state index in [-0.39, 0.29) is 5.92 Å². The van der Waals surface area contributed by atoms with E-state index < -0.39 is 0 Å². The van der Waals surface area contributed by atoms with E-state index in [1.807, 2.05) is 39.0 Å². The van der Waals surface area contributed by atoms with Crippen molar-refractivity contribution in [3.8, 4) is 11.5 Å². The topological polar surface area (TPSA) is 35.0 Å². The summed E-state index contributed by atoms with van der Waals surface area (Å²) in [6.45, 7) is 6.09. The molecule has 0 unspecified atom stereocenters. The van der Waals surface area contributed by atoms with Gasteiger partial charge in [-0.05, 0) is 24.6 Å². The Bertz CT molecular complexity index is 617. The summed E-state index contributed by atoms with van der Waals surface area (Å²) in [5, 5.41) is 0. The minimum absolute atomic E-state index is 0.263. The molecule has 0 aliphatic carbocycles. The first kappa shape index (κ1) is 15.3. The van der Waals surface area contributed by atoms with E-state index in [0.717, 1.165) is 21.6 Å². The van der Waals surface area contributed by atoms with Crippen molar-refractivity contribution in [1.29, 1.82) is 0 Å². The van der Waals surface area contributed by atoms with Gasteiger partial charge in [-0.15, -0.1) is 11.6 Å². The van der Waals surface area contributed by atoms with E-state index in [4.69, 9.17) is 16.3 Å². The highest BCUT2D eigenvalue weighted by Gasteiger charge is 2.12. The van der Waals surface area contributed by atoms with Gasteiger partial charge < -0.3 is 4.74 Å². The third-order valence-corrected chi connectivity index (χ3v) is 3.61. The third-order valence-electron chi connectivity index (χ3n) is 2.86. The number of ether oxygens (including phenoxy) is 1. The Morgan fingerprint density at radius 2 is 2.05 bits per heavy atom. The molecule has 0 spiro atoms. The number of rotatable bonds is 4. The summed E-state index contributed by atoms with van der Waals surface area (Å²) in [5.74, 6) is 2.71. The second-order valence-electron chi connectivity index (χ2n) is 4.84. The Kier molecular flexibility index (Phi) is 5.00. The van der Waals surface area contributed by atoms with Crippen LogP contribution in [0.1, 0.15) is 36.8 Å². The van der Waals surface area contributed by atoms with Gasteiger partial charge in [-0.2, -0.15) is 0 Å². The van der Waals surface area contributed by atoms with Gasteiger partial charge in [-0.3, -0.25) is 0 Å². The summed E-state index contributed by atoms with van der Waals surface area (Å²) in [7, 11) is 0. The van der Waals surface area contributed by atoms with Crippen LogP contribution in [0.5, 0.6) is 11.5 Å². The highest BCUT2D eigenvalue weighted by Crippen LogP contribution is 2.30. The van der Waals surface area contributed by atoms with Crippen LogP contribution in [0.4, 0.5) is 0 Å². The average Bonchev–Trinajstić information content (AvgIpc) is 2.43. The van der Waals surface area contributed by atoms with Crippen LogP contribution in [0.2, 0.25) is 0 Å². The Balaban J connectivity index is 2.35. The van der Waals surface area contributed by atoms with Crippen LogP contribution in [0.3, 0.4) is 0 Å². The maximum absolute atomic E-state index is 5.97. The molecule has 2 rings (SSSR count). The van der Waals surface area contributed by atoms with Crippen molar-refractivity contribution in [2.75, 3.05) is 0 Å². The molecule has 3 nitrogen and oxygen atoms in total. The Hall–Kier alpha value is -1.13. The highest BCUT2D eigenvalue weighted by atomic mass is 79.9. The molecule has 5 heteroatoms. The van der Waals surface area contributed by atoms with Crippen molar-refractivity contribution in [2.24, 2.45) is 0 Å². The van der Waals surface area contributed by atoms with Gasteiger partial charge in [0.25, 0.3) is 0 Å². The molecule has 0 bridgehead atoms. The predicted molar refractivity (Wildman–Crippen MR) is 84.6 cm³/mol. The normalized spacial score (nSPS) is 10.9. The molecule has 0 saturated heterocycles. The molecule has 0 radical (unpaired) electrons. The predicted octanol–water partition coefficient (Wildman–Crippen LogP) is 5.20. The molecular weight excluding hydrogens is 340 g/mol. The smallest absolute Gasteiger partial charge is 0.168 e. The Morgan fingerprint density at radius 1 is 1.30 bits per heavy atom. The van der Waals surface area contributed by atoms with E-state index in [2.05, 4.69) is 25.9 Å². The summed E-state index contributed by atoms with van der Waals surface area (Å²) in [5.41, 5.74) is 1.76. The standard InChI is InChI=1S/C15H16BrClN2O/c1-9(2)15-18-8-14(12(7-17)19-15)20-13-6-11(16)5-4-10(13)3/h4-6,8-9H,7H2,1-3H3. The summed E-state index contributed by atoms with van der Waals surface area (Å²) in [6, 6.07) is 5.88. The second kappa shape index (κ2) is 6.55. The fourth-order valence-electron chi connectivity index (χ4n) is 1.68. The first-order valence-electron chi connectivity index (χ1n) is 6.37. The SMILES string of the molecule is Cc1ccc(Br)cc1Oc1cnc(C(C)C)nc1CCl. The van der Waals surface area contributed by atoms with E-state index in [0.29, 0.717) is 17.3 Å². The van der Waals surface area contributed by atoms with Crippen LogP contribution >= 0.6 is 27.5 Å². The van der Waals surface area contributed by atoms with E-state index in [1.54, 1.807) is 6.20 Å². The average molecular weight is 356 g/mol. The van der Waals surface area contributed by atoms with Crippen molar-refractivity contribution < 1.29 is 4.74 Å². The summed E-state index contributed by atoms with van der Waals surface area (Å²) in [4.78, 5) is 8.79. The zero-order valence-corrected chi connectivity index (χ0v) is 14.0. The van der Waals surface area contributed by atoms with Crippen LogP contribution in [-0.2, 0) is 5.88 Å². The van der Waals surface area contributed by atoms with Gasteiger partial charge >= 0.3 is 0 Å². The lowest BCUT2D eigenvalue weighted by Gasteiger charge is -2.13. The van der Waals surface area contributed by atoms with E-state index >= 15 is 0 Å². The molecule has 2 aromatic rings. The van der Waals surface area contributed by atoms with Gasteiger partial charge in [0.1, 0.15) is 17.3 Å². The first-order valence-corrected chi connectivity index (χ1v) is 7.69. The fourth-order valence-corrected chi connectivity index (χ4v) is 2.21. The minimum Gasteiger partial charge on any atom is -0.453 e. The van der Waals surface area contributed by atoms with Crippen molar-refractivity contribution >= 4 is 27.5 Å². The number of aryl methyl sites for hydroxylation is 1.